The number of halogens is 2. The molecular formula is C21H19F2NO3. The molecule has 4 nitrogen and oxygen atoms in total. The van der Waals surface area contributed by atoms with Gasteiger partial charge in [-0.2, -0.15) is 0 Å². The van der Waals surface area contributed by atoms with Crippen LogP contribution in [0, 0.1) is 11.6 Å². The van der Waals surface area contributed by atoms with Crippen LogP contribution >= 0.6 is 0 Å². The second-order valence-corrected chi connectivity index (χ2v) is 5.81. The molecule has 1 aromatic heterocycles. The smallest absolute Gasteiger partial charge is 0.213 e. The summed E-state index contributed by atoms with van der Waals surface area (Å²) in [5.41, 5.74) is 0. The summed E-state index contributed by atoms with van der Waals surface area (Å²) in [7, 11) is 0. The Bertz CT molecular complexity index is 837. The van der Waals surface area contributed by atoms with Crippen molar-refractivity contribution < 1.29 is 23.0 Å². The molecule has 140 valence electrons. The van der Waals surface area contributed by atoms with E-state index in [-0.39, 0.29) is 11.9 Å². The molecule has 0 radical (unpaired) electrons. The molecule has 0 spiro atoms. The fraction of sp³-hybridized carbons (Fsp3) is 0.190. The zero-order chi connectivity index (χ0) is 19.1. The molecule has 0 amide bonds. The van der Waals surface area contributed by atoms with E-state index in [1.54, 1.807) is 36.5 Å². The van der Waals surface area contributed by atoms with Crippen molar-refractivity contribution in [3.05, 3.63) is 78.5 Å². The second-order valence-electron chi connectivity index (χ2n) is 5.81. The topological polar surface area (TPSA) is 40.6 Å². The van der Waals surface area contributed by atoms with Crippen molar-refractivity contribution in [2.24, 2.45) is 0 Å². The van der Waals surface area contributed by atoms with E-state index in [1.165, 1.54) is 0 Å². The lowest BCUT2D eigenvalue weighted by molar-refractivity contribution is 0.120. The highest BCUT2D eigenvalue weighted by Crippen LogP contribution is 2.25. The number of pyridine rings is 1. The van der Waals surface area contributed by atoms with Gasteiger partial charge in [0.25, 0.3) is 0 Å². The van der Waals surface area contributed by atoms with Gasteiger partial charge in [-0.1, -0.05) is 13.0 Å². The Balaban J connectivity index is 1.55. The van der Waals surface area contributed by atoms with Crippen molar-refractivity contribution >= 4 is 0 Å². The minimum atomic E-state index is -0.691. The molecule has 0 aliphatic carbocycles. The molecular weight excluding hydrogens is 352 g/mol. The SMILES string of the molecule is CCC(COc1ccc(Oc2cc(F)cc(F)c2)cc1)Oc1ccccn1. The summed E-state index contributed by atoms with van der Waals surface area (Å²) < 4.78 is 43.4. The molecule has 2 aromatic carbocycles. The van der Waals surface area contributed by atoms with Gasteiger partial charge in [-0.05, 0) is 36.8 Å². The Morgan fingerprint density at radius 2 is 1.59 bits per heavy atom. The van der Waals surface area contributed by atoms with Gasteiger partial charge in [0.15, 0.2) is 0 Å². The lowest BCUT2D eigenvalue weighted by Crippen LogP contribution is -2.24. The first-order chi connectivity index (χ1) is 13.1. The van der Waals surface area contributed by atoms with Gasteiger partial charge in [0.1, 0.15) is 41.6 Å². The monoisotopic (exact) mass is 371 g/mol. The van der Waals surface area contributed by atoms with E-state index in [1.807, 2.05) is 19.1 Å². The quantitative estimate of drug-likeness (QED) is 0.532. The largest absolute Gasteiger partial charge is 0.490 e. The molecule has 0 aliphatic heterocycles. The fourth-order valence-corrected chi connectivity index (χ4v) is 2.34. The Morgan fingerprint density at radius 3 is 2.22 bits per heavy atom. The fourth-order valence-electron chi connectivity index (χ4n) is 2.34. The summed E-state index contributed by atoms with van der Waals surface area (Å²) in [6.07, 6.45) is 2.31. The number of hydrogen-bond acceptors (Lipinski definition) is 4. The minimum Gasteiger partial charge on any atom is -0.490 e. The van der Waals surface area contributed by atoms with Crippen LogP contribution in [0.1, 0.15) is 13.3 Å². The van der Waals surface area contributed by atoms with Crippen molar-refractivity contribution in [3.8, 4) is 23.1 Å². The summed E-state index contributed by atoms with van der Waals surface area (Å²) in [4.78, 5) is 4.14. The first kappa shape index (κ1) is 18.6. The van der Waals surface area contributed by atoms with Crippen LogP contribution < -0.4 is 14.2 Å². The van der Waals surface area contributed by atoms with Crippen LogP contribution in [0.5, 0.6) is 23.1 Å². The number of nitrogens with zero attached hydrogens (tertiary/aromatic N) is 1. The molecule has 27 heavy (non-hydrogen) atoms. The molecule has 1 atom stereocenters. The van der Waals surface area contributed by atoms with Crippen molar-refractivity contribution in [3.63, 3.8) is 0 Å². The standard InChI is InChI=1S/C21H19F2NO3/c1-2-17(27-21-5-3-4-10-24-21)14-25-18-6-8-19(9-7-18)26-20-12-15(22)11-16(23)13-20/h3-13,17H,2,14H2,1H3. The Kier molecular flexibility index (Phi) is 6.20. The van der Waals surface area contributed by atoms with Crippen molar-refractivity contribution in [2.75, 3.05) is 6.61 Å². The van der Waals surface area contributed by atoms with Crippen LogP contribution in [-0.2, 0) is 0 Å². The van der Waals surface area contributed by atoms with E-state index in [0.29, 0.717) is 24.0 Å². The van der Waals surface area contributed by atoms with Gasteiger partial charge in [-0.3, -0.25) is 0 Å². The molecule has 1 heterocycles. The molecule has 0 bridgehead atoms. The van der Waals surface area contributed by atoms with Crippen LogP contribution in [0.25, 0.3) is 0 Å². The summed E-state index contributed by atoms with van der Waals surface area (Å²) >= 11 is 0. The average molecular weight is 371 g/mol. The summed E-state index contributed by atoms with van der Waals surface area (Å²) in [6, 6.07) is 15.3. The average Bonchev–Trinajstić information content (AvgIpc) is 2.66. The zero-order valence-corrected chi connectivity index (χ0v) is 14.8. The highest BCUT2D eigenvalue weighted by atomic mass is 19.1. The number of ether oxygens (including phenoxy) is 3. The van der Waals surface area contributed by atoms with Gasteiger partial charge >= 0.3 is 0 Å². The zero-order valence-electron chi connectivity index (χ0n) is 14.8. The molecule has 6 heteroatoms. The summed E-state index contributed by atoms with van der Waals surface area (Å²) in [5, 5.41) is 0. The molecule has 0 N–H and O–H groups in total. The van der Waals surface area contributed by atoms with Crippen molar-refractivity contribution in [2.45, 2.75) is 19.4 Å². The van der Waals surface area contributed by atoms with Gasteiger partial charge in [-0.25, -0.2) is 13.8 Å². The third-order valence-corrected chi connectivity index (χ3v) is 3.71. The number of benzene rings is 2. The summed E-state index contributed by atoms with van der Waals surface area (Å²) in [5.74, 6) is 0.349. The van der Waals surface area contributed by atoms with Gasteiger partial charge in [0.2, 0.25) is 5.88 Å². The van der Waals surface area contributed by atoms with Crippen LogP contribution in [0.15, 0.2) is 66.9 Å². The third kappa shape index (κ3) is 5.67. The van der Waals surface area contributed by atoms with Gasteiger partial charge in [0, 0.05) is 30.5 Å². The molecule has 0 saturated carbocycles. The maximum absolute atomic E-state index is 13.2. The molecule has 3 rings (SSSR count). The van der Waals surface area contributed by atoms with Crippen LogP contribution in [0.3, 0.4) is 0 Å². The number of aromatic nitrogens is 1. The number of rotatable bonds is 8. The lowest BCUT2D eigenvalue weighted by atomic mass is 10.3. The molecule has 3 aromatic rings. The van der Waals surface area contributed by atoms with E-state index in [2.05, 4.69) is 4.98 Å². The third-order valence-electron chi connectivity index (χ3n) is 3.71. The van der Waals surface area contributed by atoms with E-state index in [9.17, 15) is 8.78 Å². The van der Waals surface area contributed by atoms with E-state index in [0.717, 1.165) is 24.6 Å². The van der Waals surface area contributed by atoms with Crippen molar-refractivity contribution in [1.29, 1.82) is 0 Å². The molecule has 0 saturated heterocycles. The maximum atomic E-state index is 13.2. The Labute approximate surface area is 156 Å². The van der Waals surface area contributed by atoms with Crippen LogP contribution in [0.2, 0.25) is 0 Å². The van der Waals surface area contributed by atoms with E-state index < -0.39 is 11.6 Å². The second kappa shape index (κ2) is 8.98. The van der Waals surface area contributed by atoms with Crippen molar-refractivity contribution in [1.82, 2.24) is 4.98 Å². The van der Waals surface area contributed by atoms with Gasteiger partial charge in [0.05, 0.1) is 0 Å². The number of hydrogen-bond donors (Lipinski definition) is 0. The first-order valence-electron chi connectivity index (χ1n) is 8.57. The highest BCUT2D eigenvalue weighted by molar-refractivity contribution is 5.35. The lowest BCUT2D eigenvalue weighted by Gasteiger charge is -2.17. The first-order valence-corrected chi connectivity index (χ1v) is 8.57. The summed E-state index contributed by atoms with van der Waals surface area (Å²) in [6.45, 7) is 2.37. The Morgan fingerprint density at radius 1 is 0.889 bits per heavy atom. The van der Waals surface area contributed by atoms with Gasteiger partial charge < -0.3 is 14.2 Å². The predicted octanol–water partition coefficient (Wildman–Crippen LogP) is 5.39. The molecule has 0 fully saturated rings. The minimum absolute atomic E-state index is 0.0935. The Hall–Kier alpha value is -3.15. The van der Waals surface area contributed by atoms with Gasteiger partial charge in [-0.15, -0.1) is 0 Å². The van der Waals surface area contributed by atoms with Crippen LogP contribution in [0.4, 0.5) is 8.78 Å². The predicted molar refractivity (Wildman–Crippen MR) is 97.3 cm³/mol. The van der Waals surface area contributed by atoms with Crippen LogP contribution in [-0.4, -0.2) is 17.7 Å². The highest BCUT2D eigenvalue weighted by Gasteiger charge is 2.10. The molecule has 0 aliphatic rings. The normalized spacial score (nSPS) is 11.7. The van der Waals surface area contributed by atoms with E-state index >= 15 is 0 Å². The molecule has 1 unspecified atom stereocenters. The maximum Gasteiger partial charge on any atom is 0.213 e. The van der Waals surface area contributed by atoms with E-state index in [4.69, 9.17) is 14.2 Å².